The summed E-state index contributed by atoms with van der Waals surface area (Å²) in [7, 11) is 1.76. The van der Waals surface area contributed by atoms with Crippen LogP contribution in [0.2, 0.25) is 0 Å². The van der Waals surface area contributed by atoms with Gasteiger partial charge in [-0.1, -0.05) is 13.0 Å². The van der Waals surface area contributed by atoms with Crippen molar-refractivity contribution < 1.29 is 9.90 Å². The number of nitrogens with zero attached hydrogens (tertiary/aromatic N) is 4. The summed E-state index contributed by atoms with van der Waals surface area (Å²) in [6, 6.07) is 5.79. The number of carboxylic acids is 1. The molecule has 6 nitrogen and oxygen atoms in total. The first-order valence-corrected chi connectivity index (χ1v) is 6.48. The fraction of sp³-hybridized carbons (Fsp3) is 0.357. The summed E-state index contributed by atoms with van der Waals surface area (Å²) < 4.78 is 1.62. The van der Waals surface area contributed by atoms with Crippen molar-refractivity contribution in [3.05, 3.63) is 47.5 Å². The van der Waals surface area contributed by atoms with E-state index >= 15 is 0 Å². The van der Waals surface area contributed by atoms with Crippen molar-refractivity contribution in [2.24, 2.45) is 7.05 Å². The van der Waals surface area contributed by atoms with Crippen LogP contribution in [0.25, 0.3) is 0 Å². The van der Waals surface area contributed by atoms with Crippen molar-refractivity contribution in [3.8, 4) is 0 Å². The number of hydrogen-bond acceptors (Lipinski definition) is 4. The Morgan fingerprint density at radius 3 is 2.80 bits per heavy atom. The lowest BCUT2D eigenvalue weighted by molar-refractivity contribution is 0.0694. The largest absolute Gasteiger partial charge is 0.478 e. The van der Waals surface area contributed by atoms with Gasteiger partial charge in [0.15, 0.2) is 0 Å². The van der Waals surface area contributed by atoms with Crippen LogP contribution < -0.4 is 0 Å². The molecule has 2 heterocycles. The van der Waals surface area contributed by atoms with E-state index in [0.29, 0.717) is 18.8 Å². The maximum absolute atomic E-state index is 11.2. The normalized spacial score (nSPS) is 10.9. The molecule has 106 valence electrons. The first-order chi connectivity index (χ1) is 9.61. The number of rotatable bonds is 6. The first-order valence-electron chi connectivity index (χ1n) is 6.48. The number of aromatic carboxylic acids is 1. The first kappa shape index (κ1) is 14.2. The van der Waals surface area contributed by atoms with Crippen LogP contribution in [-0.2, 0) is 20.1 Å². The van der Waals surface area contributed by atoms with E-state index in [-0.39, 0.29) is 5.56 Å². The summed E-state index contributed by atoms with van der Waals surface area (Å²) in [5.41, 5.74) is 1.93. The molecule has 0 aliphatic carbocycles. The second-order valence-electron chi connectivity index (χ2n) is 4.56. The van der Waals surface area contributed by atoms with Crippen LogP contribution in [-0.4, -0.2) is 37.3 Å². The Labute approximate surface area is 117 Å². The summed E-state index contributed by atoms with van der Waals surface area (Å²) >= 11 is 0. The van der Waals surface area contributed by atoms with E-state index in [1.165, 1.54) is 6.20 Å². The fourth-order valence-corrected chi connectivity index (χ4v) is 2.04. The highest BCUT2D eigenvalue weighted by Gasteiger charge is 2.17. The molecule has 0 spiro atoms. The number of pyridine rings is 1. The van der Waals surface area contributed by atoms with Crippen LogP contribution in [0.5, 0.6) is 0 Å². The number of hydrogen-bond donors (Lipinski definition) is 1. The second kappa shape index (κ2) is 6.29. The summed E-state index contributed by atoms with van der Waals surface area (Å²) in [5.74, 6) is -0.943. The average Bonchev–Trinajstić information content (AvgIpc) is 2.81. The van der Waals surface area contributed by atoms with E-state index in [1.807, 2.05) is 25.1 Å². The molecule has 1 N–H and O–H groups in total. The highest BCUT2D eigenvalue weighted by atomic mass is 16.4. The molecular weight excluding hydrogens is 256 g/mol. The molecule has 0 aromatic carbocycles. The number of aromatic nitrogens is 3. The van der Waals surface area contributed by atoms with Gasteiger partial charge in [0, 0.05) is 26.3 Å². The number of aryl methyl sites for hydroxylation is 1. The number of carboxylic acid groups (broad SMARTS) is 1. The second-order valence-corrected chi connectivity index (χ2v) is 4.56. The Kier molecular flexibility index (Phi) is 4.47. The van der Waals surface area contributed by atoms with Crippen LogP contribution in [0.15, 0.2) is 30.6 Å². The van der Waals surface area contributed by atoms with Crippen LogP contribution in [0.1, 0.15) is 28.7 Å². The predicted molar refractivity (Wildman–Crippen MR) is 74.2 cm³/mol. The van der Waals surface area contributed by atoms with Gasteiger partial charge in [-0.3, -0.25) is 14.6 Å². The molecule has 0 saturated heterocycles. The SMILES string of the molecule is CCN(Cc1ccccn1)Cc1c(C(=O)O)cnn1C. The monoisotopic (exact) mass is 274 g/mol. The van der Waals surface area contributed by atoms with Gasteiger partial charge in [-0.05, 0) is 18.7 Å². The molecule has 0 radical (unpaired) electrons. The van der Waals surface area contributed by atoms with E-state index < -0.39 is 5.97 Å². The topological polar surface area (TPSA) is 71.2 Å². The summed E-state index contributed by atoms with van der Waals surface area (Å²) in [5, 5.41) is 13.2. The molecule has 0 bridgehead atoms. The Hall–Kier alpha value is -2.21. The van der Waals surface area contributed by atoms with Crippen molar-refractivity contribution in [3.63, 3.8) is 0 Å². The third kappa shape index (κ3) is 3.21. The van der Waals surface area contributed by atoms with Crippen molar-refractivity contribution in [2.45, 2.75) is 20.0 Å². The summed E-state index contributed by atoms with van der Waals surface area (Å²) in [6.45, 7) is 4.06. The van der Waals surface area contributed by atoms with E-state index in [4.69, 9.17) is 0 Å². The summed E-state index contributed by atoms with van der Waals surface area (Å²) in [4.78, 5) is 17.6. The highest BCUT2D eigenvalue weighted by molar-refractivity contribution is 5.88. The minimum Gasteiger partial charge on any atom is -0.478 e. The van der Waals surface area contributed by atoms with Crippen molar-refractivity contribution >= 4 is 5.97 Å². The lowest BCUT2D eigenvalue weighted by Crippen LogP contribution is -2.25. The molecule has 0 atom stereocenters. The van der Waals surface area contributed by atoms with Gasteiger partial charge in [-0.15, -0.1) is 0 Å². The van der Waals surface area contributed by atoms with Crippen molar-refractivity contribution in [1.29, 1.82) is 0 Å². The molecular formula is C14H18N4O2. The van der Waals surface area contributed by atoms with Crippen molar-refractivity contribution in [1.82, 2.24) is 19.7 Å². The number of carbonyl (C=O) groups is 1. The third-order valence-corrected chi connectivity index (χ3v) is 3.22. The van der Waals surface area contributed by atoms with Gasteiger partial charge in [0.05, 0.1) is 17.6 Å². The van der Waals surface area contributed by atoms with E-state index in [1.54, 1.807) is 17.9 Å². The predicted octanol–water partition coefficient (Wildman–Crippen LogP) is 1.54. The van der Waals surface area contributed by atoms with Gasteiger partial charge in [0.2, 0.25) is 0 Å². The molecule has 2 aromatic heterocycles. The van der Waals surface area contributed by atoms with Crippen LogP contribution in [0.3, 0.4) is 0 Å². The average molecular weight is 274 g/mol. The highest BCUT2D eigenvalue weighted by Crippen LogP contribution is 2.12. The van der Waals surface area contributed by atoms with Crippen LogP contribution in [0.4, 0.5) is 0 Å². The molecule has 0 aliphatic heterocycles. The molecule has 0 saturated carbocycles. The Morgan fingerprint density at radius 1 is 1.40 bits per heavy atom. The minimum absolute atomic E-state index is 0.256. The quantitative estimate of drug-likeness (QED) is 0.865. The summed E-state index contributed by atoms with van der Waals surface area (Å²) in [6.07, 6.45) is 3.15. The molecule has 0 unspecified atom stereocenters. The Morgan fingerprint density at radius 2 is 2.20 bits per heavy atom. The third-order valence-electron chi connectivity index (χ3n) is 3.22. The van der Waals surface area contributed by atoms with Crippen LogP contribution >= 0.6 is 0 Å². The van der Waals surface area contributed by atoms with Crippen molar-refractivity contribution in [2.75, 3.05) is 6.54 Å². The smallest absolute Gasteiger partial charge is 0.339 e. The molecule has 0 fully saturated rings. The van der Waals surface area contributed by atoms with E-state index in [2.05, 4.69) is 15.0 Å². The lowest BCUT2D eigenvalue weighted by atomic mass is 10.2. The molecule has 0 aliphatic rings. The van der Waals surface area contributed by atoms with Gasteiger partial charge in [0.25, 0.3) is 0 Å². The van der Waals surface area contributed by atoms with Gasteiger partial charge < -0.3 is 5.11 Å². The molecule has 6 heteroatoms. The lowest BCUT2D eigenvalue weighted by Gasteiger charge is -2.20. The maximum atomic E-state index is 11.2. The maximum Gasteiger partial charge on any atom is 0.339 e. The molecule has 0 amide bonds. The van der Waals surface area contributed by atoms with Crippen LogP contribution in [0, 0.1) is 0 Å². The van der Waals surface area contributed by atoms with Gasteiger partial charge in [0.1, 0.15) is 5.56 Å². The standard InChI is InChI=1S/C14H18N4O2/c1-3-18(9-11-6-4-5-7-15-11)10-13-12(14(19)20)8-16-17(13)2/h4-8H,3,9-10H2,1-2H3,(H,19,20). The van der Waals surface area contributed by atoms with E-state index in [0.717, 1.165) is 12.2 Å². The zero-order chi connectivity index (χ0) is 14.5. The fourth-order valence-electron chi connectivity index (χ4n) is 2.04. The zero-order valence-electron chi connectivity index (χ0n) is 11.7. The molecule has 2 rings (SSSR count). The Bertz CT molecular complexity index is 580. The van der Waals surface area contributed by atoms with Gasteiger partial charge in [-0.2, -0.15) is 5.10 Å². The molecule has 20 heavy (non-hydrogen) atoms. The van der Waals surface area contributed by atoms with E-state index in [9.17, 15) is 9.90 Å². The Balaban J connectivity index is 2.14. The zero-order valence-corrected chi connectivity index (χ0v) is 11.7. The minimum atomic E-state index is -0.943. The van der Waals surface area contributed by atoms with Gasteiger partial charge >= 0.3 is 5.97 Å². The van der Waals surface area contributed by atoms with Gasteiger partial charge in [-0.25, -0.2) is 4.79 Å². The molecule has 2 aromatic rings.